The number of hydrogen-bond acceptors (Lipinski definition) is 5. The molecule has 1 fully saturated rings. The molecule has 4 rings (SSSR count). The van der Waals surface area contributed by atoms with E-state index in [1.54, 1.807) is 15.6 Å². The van der Waals surface area contributed by atoms with Crippen LogP contribution >= 0.6 is 0 Å². The van der Waals surface area contributed by atoms with Crippen molar-refractivity contribution in [1.29, 1.82) is 0 Å². The summed E-state index contributed by atoms with van der Waals surface area (Å²) in [5.41, 5.74) is 5.43. The number of likely N-dealkylation sites (tertiary alicyclic amines) is 1. The van der Waals surface area contributed by atoms with Crippen LogP contribution < -0.4 is 11.1 Å². The number of carbonyl (C=O) groups is 2. The molecular weight excluding hydrogens is 393 g/mol. The average molecular weight is 410 g/mol. The van der Waals surface area contributed by atoms with Crippen LogP contribution in [0, 0.1) is 0 Å². The van der Waals surface area contributed by atoms with E-state index in [1.165, 1.54) is 6.20 Å². The molecule has 1 saturated heterocycles. The number of fused-ring (bicyclic) bond motifs is 2. The van der Waals surface area contributed by atoms with Gasteiger partial charge in [0.2, 0.25) is 5.91 Å². The minimum Gasteiger partial charge on any atom is -0.465 e. The molecule has 154 valence electrons. The second-order valence-corrected chi connectivity index (χ2v) is 7.23. The number of aryl methyl sites for hydroxylation is 1. The van der Waals surface area contributed by atoms with Crippen molar-refractivity contribution in [2.45, 2.75) is 24.6 Å². The quantitative estimate of drug-likeness (QED) is 0.700. The van der Waals surface area contributed by atoms with Gasteiger partial charge in [-0.2, -0.15) is 18.3 Å². The van der Waals surface area contributed by atoms with Gasteiger partial charge in [-0.1, -0.05) is 0 Å². The lowest BCUT2D eigenvalue weighted by Crippen LogP contribution is -2.61. The highest BCUT2D eigenvalue weighted by molar-refractivity contribution is 5.83. The zero-order valence-electron chi connectivity index (χ0n) is 15.0. The summed E-state index contributed by atoms with van der Waals surface area (Å²) in [7, 11) is 0. The van der Waals surface area contributed by atoms with Crippen molar-refractivity contribution < 1.29 is 27.9 Å². The second kappa shape index (κ2) is 6.36. The van der Waals surface area contributed by atoms with Gasteiger partial charge in [-0.05, 0) is 18.6 Å². The first-order chi connectivity index (χ1) is 13.6. The molecule has 0 atom stereocenters. The number of amides is 2. The summed E-state index contributed by atoms with van der Waals surface area (Å²) in [5.74, 6) is -0.915. The van der Waals surface area contributed by atoms with Gasteiger partial charge in [0.1, 0.15) is 12.4 Å². The molecule has 2 amide bonds. The first-order valence-corrected chi connectivity index (χ1v) is 8.75. The fraction of sp³-hybridized carbons (Fsp3) is 0.412. The van der Waals surface area contributed by atoms with Crippen LogP contribution in [-0.2, 0) is 22.9 Å². The van der Waals surface area contributed by atoms with E-state index in [2.05, 4.69) is 10.1 Å². The highest BCUT2D eigenvalue weighted by atomic mass is 19.4. The lowest BCUT2D eigenvalue weighted by Gasteiger charge is -2.47. The Bertz CT molecular complexity index is 997. The molecule has 12 heteroatoms. The Kier molecular flexibility index (Phi) is 4.17. The largest absolute Gasteiger partial charge is 0.465 e. The number of pyridine rings is 1. The number of carbonyl (C=O) groups excluding carboxylic acids is 1. The molecule has 2 aliphatic heterocycles. The Morgan fingerprint density at radius 2 is 2.03 bits per heavy atom. The van der Waals surface area contributed by atoms with Crippen LogP contribution in [0.1, 0.15) is 17.7 Å². The summed E-state index contributed by atoms with van der Waals surface area (Å²) < 4.78 is 41.0. The van der Waals surface area contributed by atoms with Gasteiger partial charge in [-0.3, -0.25) is 9.48 Å². The number of anilines is 1. The molecule has 4 N–H and O–H groups in total. The predicted octanol–water partition coefficient (Wildman–Crippen LogP) is 1.30. The fourth-order valence-electron chi connectivity index (χ4n) is 3.89. The molecule has 2 aromatic heterocycles. The minimum absolute atomic E-state index is 0.210. The van der Waals surface area contributed by atoms with Gasteiger partial charge in [0.25, 0.3) is 0 Å². The Morgan fingerprint density at radius 3 is 2.69 bits per heavy atom. The van der Waals surface area contributed by atoms with E-state index in [4.69, 9.17) is 10.8 Å². The minimum atomic E-state index is -4.62. The molecule has 29 heavy (non-hydrogen) atoms. The molecule has 0 aliphatic carbocycles. The molecule has 0 saturated carbocycles. The maximum Gasteiger partial charge on any atom is 0.419 e. The summed E-state index contributed by atoms with van der Waals surface area (Å²) >= 11 is 0. The number of halogens is 3. The zero-order chi connectivity index (χ0) is 21.0. The number of nitrogens with zero attached hydrogens (tertiary/aromatic N) is 4. The van der Waals surface area contributed by atoms with Gasteiger partial charge in [0.15, 0.2) is 0 Å². The number of rotatable bonds is 3. The Morgan fingerprint density at radius 1 is 1.31 bits per heavy atom. The lowest BCUT2D eigenvalue weighted by atomic mass is 9.75. The number of nitrogens with one attached hydrogen (secondary N) is 1. The van der Waals surface area contributed by atoms with E-state index >= 15 is 0 Å². The average Bonchev–Trinajstić information content (AvgIpc) is 3.16. The smallest absolute Gasteiger partial charge is 0.419 e. The van der Waals surface area contributed by atoms with Crippen molar-refractivity contribution in [3.63, 3.8) is 0 Å². The summed E-state index contributed by atoms with van der Waals surface area (Å²) in [5, 5.41) is 15.0. The molecular formula is C17H17F3N6O3. The van der Waals surface area contributed by atoms with E-state index in [-0.39, 0.29) is 23.4 Å². The highest BCUT2D eigenvalue weighted by Crippen LogP contribution is 2.44. The van der Waals surface area contributed by atoms with Crippen LogP contribution in [0.4, 0.5) is 23.8 Å². The normalized spacial score (nSPS) is 17.1. The van der Waals surface area contributed by atoms with E-state index in [9.17, 15) is 22.8 Å². The zero-order valence-corrected chi connectivity index (χ0v) is 15.0. The third-order valence-electron chi connectivity index (χ3n) is 5.38. The van der Waals surface area contributed by atoms with Gasteiger partial charge in [-0.25, -0.2) is 9.78 Å². The fourth-order valence-corrected chi connectivity index (χ4v) is 3.89. The standard InChI is InChI=1S/C17H17F3N6O3/c18-17(19,20)10-3-9(5-22-14(10)21)11-4-12-16(1-2-26(12)24-11)7-25(8-16)13(27)6-23-15(28)29/h3-5,23H,1-2,6-8H2,(H2,21,22)(H,28,29). The van der Waals surface area contributed by atoms with Crippen LogP contribution in [0.15, 0.2) is 18.3 Å². The monoisotopic (exact) mass is 410 g/mol. The molecule has 0 aromatic carbocycles. The van der Waals surface area contributed by atoms with E-state index in [1.807, 2.05) is 5.32 Å². The second-order valence-electron chi connectivity index (χ2n) is 7.23. The van der Waals surface area contributed by atoms with Gasteiger partial charge < -0.3 is 21.1 Å². The van der Waals surface area contributed by atoms with Crippen molar-refractivity contribution in [3.8, 4) is 11.3 Å². The summed E-state index contributed by atoms with van der Waals surface area (Å²) in [6, 6.07) is 2.65. The van der Waals surface area contributed by atoms with Crippen molar-refractivity contribution in [3.05, 3.63) is 29.6 Å². The number of carboxylic acid groups (broad SMARTS) is 1. The molecule has 2 aliphatic rings. The van der Waals surface area contributed by atoms with Crippen molar-refractivity contribution in [2.24, 2.45) is 0 Å². The number of nitrogens with two attached hydrogens (primary N) is 1. The summed E-state index contributed by atoms with van der Waals surface area (Å²) in [6.45, 7) is 1.10. The first-order valence-electron chi connectivity index (χ1n) is 8.75. The van der Waals surface area contributed by atoms with E-state index < -0.39 is 23.7 Å². The Labute approximate surface area is 162 Å². The maximum absolute atomic E-state index is 13.1. The van der Waals surface area contributed by atoms with Gasteiger partial charge in [0, 0.05) is 42.5 Å². The molecule has 4 heterocycles. The first kappa shape index (κ1) is 19.0. The van der Waals surface area contributed by atoms with Crippen LogP contribution in [0.5, 0.6) is 0 Å². The number of aromatic nitrogens is 3. The van der Waals surface area contributed by atoms with Crippen molar-refractivity contribution >= 4 is 17.8 Å². The highest BCUT2D eigenvalue weighted by Gasteiger charge is 2.51. The predicted molar refractivity (Wildman–Crippen MR) is 93.8 cm³/mol. The Hall–Kier alpha value is -3.31. The van der Waals surface area contributed by atoms with Gasteiger partial charge in [-0.15, -0.1) is 0 Å². The van der Waals surface area contributed by atoms with Crippen LogP contribution in [-0.4, -0.2) is 56.4 Å². The number of nitrogen functional groups attached to an aromatic ring is 1. The molecule has 9 nitrogen and oxygen atoms in total. The van der Waals surface area contributed by atoms with Gasteiger partial charge >= 0.3 is 12.3 Å². The van der Waals surface area contributed by atoms with Crippen LogP contribution in [0.25, 0.3) is 11.3 Å². The molecule has 0 radical (unpaired) electrons. The SMILES string of the molecule is Nc1ncc(-c2cc3n(n2)CCC32CN(C(=O)CNC(=O)O)C2)cc1C(F)(F)F. The molecule has 2 aromatic rings. The van der Waals surface area contributed by atoms with E-state index in [0.717, 1.165) is 18.2 Å². The van der Waals surface area contributed by atoms with E-state index in [0.29, 0.717) is 25.3 Å². The topological polar surface area (TPSA) is 126 Å². The summed E-state index contributed by atoms with van der Waals surface area (Å²) in [6.07, 6.45) is -3.88. The number of hydrogen-bond donors (Lipinski definition) is 3. The van der Waals surface area contributed by atoms with Crippen LogP contribution in [0.3, 0.4) is 0 Å². The summed E-state index contributed by atoms with van der Waals surface area (Å²) in [4.78, 5) is 27.7. The molecule has 0 unspecified atom stereocenters. The third kappa shape index (κ3) is 3.23. The molecule has 0 bridgehead atoms. The van der Waals surface area contributed by atoms with Crippen molar-refractivity contribution in [2.75, 3.05) is 25.4 Å². The van der Waals surface area contributed by atoms with Gasteiger partial charge in [0.05, 0.1) is 11.3 Å². The number of alkyl halides is 3. The lowest BCUT2D eigenvalue weighted by molar-refractivity contribution is -0.138. The van der Waals surface area contributed by atoms with Crippen molar-refractivity contribution in [1.82, 2.24) is 25.0 Å². The third-order valence-corrected chi connectivity index (χ3v) is 5.38. The van der Waals surface area contributed by atoms with Crippen LogP contribution in [0.2, 0.25) is 0 Å². The maximum atomic E-state index is 13.1. The molecule has 1 spiro atoms. The Balaban J connectivity index is 1.54.